The van der Waals surface area contributed by atoms with Gasteiger partial charge in [0, 0.05) is 30.6 Å². The first-order valence-corrected chi connectivity index (χ1v) is 9.13. The highest BCUT2D eigenvalue weighted by Crippen LogP contribution is 2.29. The minimum Gasteiger partial charge on any atom is -0.488 e. The Balaban J connectivity index is 1.44. The highest BCUT2D eigenvalue weighted by Gasteiger charge is 2.24. The van der Waals surface area contributed by atoms with E-state index in [-0.39, 0.29) is 6.10 Å². The van der Waals surface area contributed by atoms with Gasteiger partial charge in [0.15, 0.2) is 0 Å². The highest BCUT2D eigenvalue weighted by molar-refractivity contribution is 5.64. The van der Waals surface area contributed by atoms with Crippen molar-refractivity contribution in [3.63, 3.8) is 0 Å². The Morgan fingerprint density at radius 3 is 2.81 bits per heavy atom. The van der Waals surface area contributed by atoms with Crippen LogP contribution < -0.4 is 4.74 Å². The van der Waals surface area contributed by atoms with Gasteiger partial charge in [-0.15, -0.1) is 0 Å². The van der Waals surface area contributed by atoms with Crippen LogP contribution in [0.3, 0.4) is 0 Å². The predicted molar refractivity (Wildman–Crippen MR) is 104 cm³/mol. The zero-order valence-corrected chi connectivity index (χ0v) is 15.6. The van der Waals surface area contributed by atoms with E-state index in [2.05, 4.69) is 72.4 Å². The monoisotopic (exact) mass is 347 g/mol. The summed E-state index contributed by atoms with van der Waals surface area (Å²) < 4.78 is 6.08. The Morgan fingerprint density at radius 1 is 1.15 bits per heavy atom. The zero-order valence-electron chi connectivity index (χ0n) is 15.6. The number of fused-ring (bicyclic) bond motifs is 1. The van der Waals surface area contributed by atoms with Crippen LogP contribution in [0.15, 0.2) is 48.7 Å². The van der Waals surface area contributed by atoms with Crippen LogP contribution in [0.5, 0.6) is 5.75 Å². The number of hydrogen-bond acceptors (Lipinski definition) is 3. The van der Waals surface area contributed by atoms with Gasteiger partial charge in [0.25, 0.3) is 0 Å². The summed E-state index contributed by atoms with van der Waals surface area (Å²) >= 11 is 0. The molecule has 26 heavy (non-hydrogen) atoms. The zero-order chi connectivity index (χ0) is 18.1. The number of para-hydroxylation sites is 1. The van der Waals surface area contributed by atoms with Gasteiger partial charge in [-0.2, -0.15) is 5.10 Å². The molecule has 4 heteroatoms. The second-order valence-corrected chi connectivity index (χ2v) is 7.32. The van der Waals surface area contributed by atoms with E-state index in [1.165, 1.54) is 27.8 Å². The van der Waals surface area contributed by atoms with Gasteiger partial charge in [-0.05, 0) is 49.7 Å². The number of aromatic amines is 1. The van der Waals surface area contributed by atoms with Gasteiger partial charge in [-0.3, -0.25) is 10.00 Å². The molecule has 1 N–H and O–H groups in total. The standard InChI is InChI=1S/C22H25N3O/c1-15-8-9-18(10-16(15)2)22-19(12-23-24-22)13-25(3)14-20-11-17-6-4-5-7-21(17)26-20/h4-10,12,20H,11,13-14H2,1-3H3,(H,23,24)/t20-/m1/s1. The van der Waals surface area contributed by atoms with Crippen molar-refractivity contribution in [1.29, 1.82) is 0 Å². The molecule has 0 bridgehead atoms. The second-order valence-electron chi connectivity index (χ2n) is 7.32. The average Bonchev–Trinajstić information content (AvgIpc) is 3.23. The normalized spacial score (nSPS) is 15.9. The molecule has 0 spiro atoms. The van der Waals surface area contributed by atoms with Gasteiger partial charge in [0.1, 0.15) is 11.9 Å². The van der Waals surface area contributed by atoms with E-state index in [1.807, 2.05) is 12.3 Å². The molecule has 1 aliphatic heterocycles. The minimum absolute atomic E-state index is 0.217. The van der Waals surface area contributed by atoms with Crippen molar-refractivity contribution < 1.29 is 4.74 Å². The smallest absolute Gasteiger partial charge is 0.123 e. The molecule has 0 fully saturated rings. The summed E-state index contributed by atoms with van der Waals surface area (Å²) in [4.78, 5) is 2.31. The maximum atomic E-state index is 6.08. The SMILES string of the molecule is Cc1ccc(-c2[nH]ncc2CN(C)C[C@H]2Cc3ccccc3O2)cc1C. The van der Waals surface area contributed by atoms with E-state index in [0.717, 1.165) is 31.0 Å². The van der Waals surface area contributed by atoms with Crippen LogP contribution in [0, 0.1) is 13.8 Å². The van der Waals surface area contributed by atoms with Gasteiger partial charge >= 0.3 is 0 Å². The summed E-state index contributed by atoms with van der Waals surface area (Å²) in [5.41, 5.74) is 7.43. The fourth-order valence-electron chi connectivity index (χ4n) is 3.64. The number of rotatable bonds is 5. The van der Waals surface area contributed by atoms with Crippen LogP contribution in [-0.2, 0) is 13.0 Å². The van der Waals surface area contributed by atoms with Crippen LogP contribution in [0.25, 0.3) is 11.3 Å². The molecule has 0 saturated heterocycles. The van der Waals surface area contributed by atoms with E-state index in [9.17, 15) is 0 Å². The summed E-state index contributed by atoms with van der Waals surface area (Å²) in [6, 6.07) is 14.9. The van der Waals surface area contributed by atoms with E-state index >= 15 is 0 Å². The molecule has 3 aromatic rings. The van der Waals surface area contributed by atoms with Crippen LogP contribution in [0.4, 0.5) is 0 Å². The van der Waals surface area contributed by atoms with Crippen molar-refractivity contribution in [3.05, 3.63) is 70.9 Å². The highest BCUT2D eigenvalue weighted by atomic mass is 16.5. The van der Waals surface area contributed by atoms with Crippen molar-refractivity contribution >= 4 is 0 Å². The lowest BCUT2D eigenvalue weighted by Crippen LogP contribution is -2.31. The molecule has 0 amide bonds. The van der Waals surface area contributed by atoms with E-state index < -0.39 is 0 Å². The van der Waals surface area contributed by atoms with E-state index in [4.69, 9.17) is 4.74 Å². The second kappa shape index (κ2) is 6.96. The van der Waals surface area contributed by atoms with Crippen LogP contribution >= 0.6 is 0 Å². The summed E-state index contributed by atoms with van der Waals surface area (Å²) in [6.07, 6.45) is 3.13. The third-order valence-corrected chi connectivity index (χ3v) is 5.18. The van der Waals surface area contributed by atoms with Gasteiger partial charge in [0.05, 0.1) is 11.9 Å². The number of ether oxygens (including phenoxy) is 1. The number of nitrogens with zero attached hydrogens (tertiary/aromatic N) is 2. The van der Waals surface area contributed by atoms with Gasteiger partial charge < -0.3 is 4.74 Å². The molecule has 1 aromatic heterocycles. The fraction of sp³-hybridized carbons (Fsp3) is 0.318. The van der Waals surface area contributed by atoms with Crippen molar-refractivity contribution in [1.82, 2.24) is 15.1 Å². The Hall–Kier alpha value is -2.59. The Labute approximate surface area is 154 Å². The molecule has 1 aliphatic rings. The van der Waals surface area contributed by atoms with Gasteiger partial charge in [-0.25, -0.2) is 0 Å². The summed E-state index contributed by atoms with van der Waals surface area (Å²) in [5.74, 6) is 1.03. The Bertz CT molecular complexity index is 890. The quantitative estimate of drug-likeness (QED) is 0.754. The van der Waals surface area contributed by atoms with E-state index in [0.29, 0.717) is 0 Å². The minimum atomic E-state index is 0.217. The van der Waals surface area contributed by atoms with Gasteiger partial charge in [0.2, 0.25) is 0 Å². The molecule has 4 rings (SSSR count). The summed E-state index contributed by atoms with van der Waals surface area (Å²) in [5, 5.41) is 7.46. The molecule has 2 aromatic carbocycles. The molecular weight excluding hydrogens is 322 g/mol. The maximum absolute atomic E-state index is 6.08. The number of benzene rings is 2. The molecule has 4 nitrogen and oxygen atoms in total. The van der Waals surface area contributed by atoms with Gasteiger partial charge in [-0.1, -0.05) is 30.3 Å². The maximum Gasteiger partial charge on any atom is 0.123 e. The third-order valence-electron chi connectivity index (χ3n) is 5.18. The number of nitrogens with one attached hydrogen (secondary N) is 1. The first-order valence-electron chi connectivity index (χ1n) is 9.13. The molecule has 0 saturated carbocycles. The van der Waals surface area contributed by atoms with Crippen LogP contribution in [0.1, 0.15) is 22.3 Å². The van der Waals surface area contributed by atoms with E-state index in [1.54, 1.807) is 0 Å². The fourth-order valence-corrected chi connectivity index (χ4v) is 3.64. The molecule has 2 heterocycles. The lowest BCUT2D eigenvalue weighted by molar-refractivity contribution is 0.165. The lowest BCUT2D eigenvalue weighted by atomic mass is 10.0. The molecule has 134 valence electrons. The van der Waals surface area contributed by atoms with Crippen molar-refractivity contribution in [3.8, 4) is 17.0 Å². The molecular formula is C22H25N3O. The molecule has 0 aliphatic carbocycles. The number of H-pyrrole nitrogens is 1. The Morgan fingerprint density at radius 2 is 2.00 bits per heavy atom. The number of likely N-dealkylation sites (N-methyl/N-ethyl adjacent to an activating group) is 1. The van der Waals surface area contributed by atoms with Crippen molar-refractivity contribution in [2.45, 2.75) is 32.9 Å². The summed E-state index contributed by atoms with van der Waals surface area (Å²) in [6.45, 7) is 6.03. The topological polar surface area (TPSA) is 41.2 Å². The van der Waals surface area contributed by atoms with Crippen molar-refractivity contribution in [2.75, 3.05) is 13.6 Å². The number of hydrogen-bond donors (Lipinski definition) is 1. The first-order chi connectivity index (χ1) is 12.6. The average molecular weight is 347 g/mol. The third kappa shape index (κ3) is 3.37. The van der Waals surface area contributed by atoms with Crippen LogP contribution in [0.2, 0.25) is 0 Å². The first kappa shape index (κ1) is 16.9. The molecule has 1 atom stereocenters. The summed E-state index contributed by atoms with van der Waals surface area (Å²) in [7, 11) is 2.14. The van der Waals surface area contributed by atoms with Crippen molar-refractivity contribution in [2.24, 2.45) is 0 Å². The number of aryl methyl sites for hydroxylation is 2. The van der Waals surface area contributed by atoms with Crippen LogP contribution in [-0.4, -0.2) is 34.8 Å². The lowest BCUT2D eigenvalue weighted by Gasteiger charge is -2.21. The predicted octanol–water partition coefficient (Wildman–Crippen LogP) is 4.13. The Kier molecular flexibility index (Phi) is 4.51. The largest absolute Gasteiger partial charge is 0.488 e. The number of aromatic nitrogens is 2. The molecule has 0 unspecified atom stereocenters. The molecule has 0 radical (unpaired) electrons.